The van der Waals surface area contributed by atoms with Crippen molar-refractivity contribution < 1.29 is 14.7 Å². The lowest BCUT2D eigenvalue weighted by molar-refractivity contribution is -0.146. The highest BCUT2D eigenvalue weighted by Crippen LogP contribution is 2.22. The van der Waals surface area contributed by atoms with Crippen LogP contribution in [0.3, 0.4) is 0 Å². The standard InChI is InChI=1S/C15H16ClN3O3/c1-9(15(21)22)14(20)17-13(12-7-8-19(2)18-12)10-3-5-11(16)6-4-10/h3-9,13H,1-2H3,(H,17,20)(H,21,22). The fraction of sp³-hybridized carbons (Fsp3) is 0.267. The van der Waals surface area contributed by atoms with E-state index in [0.717, 1.165) is 5.56 Å². The Morgan fingerprint density at radius 1 is 1.27 bits per heavy atom. The lowest BCUT2D eigenvalue weighted by Gasteiger charge is -2.19. The van der Waals surface area contributed by atoms with Gasteiger partial charge in [0.05, 0.1) is 11.7 Å². The number of hydrogen-bond donors (Lipinski definition) is 2. The zero-order valence-electron chi connectivity index (χ0n) is 12.2. The number of hydrogen-bond acceptors (Lipinski definition) is 3. The molecule has 2 rings (SSSR count). The summed E-state index contributed by atoms with van der Waals surface area (Å²) in [6, 6.07) is 8.19. The molecule has 0 fully saturated rings. The number of carboxylic acid groups (broad SMARTS) is 1. The van der Waals surface area contributed by atoms with E-state index < -0.39 is 23.8 Å². The predicted molar refractivity (Wildman–Crippen MR) is 81.4 cm³/mol. The molecule has 22 heavy (non-hydrogen) atoms. The molecule has 0 spiro atoms. The summed E-state index contributed by atoms with van der Waals surface area (Å²) in [4.78, 5) is 23.0. The zero-order chi connectivity index (χ0) is 16.3. The first kappa shape index (κ1) is 16.0. The second-order valence-corrected chi connectivity index (χ2v) is 5.40. The summed E-state index contributed by atoms with van der Waals surface area (Å²) < 4.78 is 1.62. The van der Waals surface area contributed by atoms with Crippen LogP contribution in [0.15, 0.2) is 36.5 Å². The van der Waals surface area contributed by atoms with Crippen molar-refractivity contribution in [3.63, 3.8) is 0 Å². The van der Waals surface area contributed by atoms with Gasteiger partial charge in [0, 0.05) is 18.3 Å². The molecule has 1 amide bonds. The Morgan fingerprint density at radius 3 is 2.41 bits per heavy atom. The van der Waals surface area contributed by atoms with Crippen LogP contribution >= 0.6 is 11.6 Å². The largest absolute Gasteiger partial charge is 0.481 e. The van der Waals surface area contributed by atoms with Crippen LogP contribution in [0.2, 0.25) is 5.02 Å². The molecule has 116 valence electrons. The number of carboxylic acids is 1. The van der Waals surface area contributed by atoms with Crippen LogP contribution in [0.5, 0.6) is 0 Å². The molecule has 7 heteroatoms. The third kappa shape index (κ3) is 3.65. The summed E-state index contributed by atoms with van der Waals surface area (Å²) in [6.07, 6.45) is 1.75. The van der Waals surface area contributed by atoms with Gasteiger partial charge < -0.3 is 10.4 Å². The van der Waals surface area contributed by atoms with Crippen LogP contribution < -0.4 is 5.32 Å². The van der Waals surface area contributed by atoms with Crippen molar-refractivity contribution in [1.29, 1.82) is 0 Å². The minimum atomic E-state index is -1.17. The van der Waals surface area contributed by atoms with E-state index in [1.807, 2.05) is 0 Å². The van der Waals surface area contributed by atoms with Gasteiger partial charge in [-0.15, -0.1) is 0 Å². The summed E-state index contributed by atoms with van der Waals surface area (Å²) >= 11 is 5.88. The fourth-order valence-electron chi connectivity index (χ4n) is 1.95. The maximum Gasteiger partial charge on any atom is 0.315 e. The molecule has 0 aliphatic carbocycles. The number of nitrogens with zero attached hydrogens (tertiary/aromatic N) is 2. The average Bonchev–Trinajstić information content (AvgIpc) is 2.91. The van der Waals surface area contributed by atoms with E-state index in [4.69, 9.17) is 16.7 Å². The molecule has 1 aromatic carbocycles. The van der Waals surface area contributed by atoms with Gasteiger partial charge in [-0.2, -0.15) is 5.10 Å². The third-order valence-corrected chi connectivity index (χ3v) is 3.54. The molecule has 2 aromatic rings. The number of aryl methyl sites for hydroxylation is 1. The first-order valence-electron chi connectivity index (χ1n) is 6.66. The van der Waals surface area contributed by atoms with Gasteiger partial charge in [0.15, 0.2) is 0 Å². The number of rotatable bonds is 5. The molecule has 6 nitrogen and oxygen atoms in total. The summed E-state index contributed by atoms with van der Waals surface area (Å²) in [5, 5.41) is 16.5. The smallest absolute Gasteiger partial charge is 0.315 e. The Balaban J connectivity index is 2.32. The monoisotopic (exact) mass is 321 g/mol. The number of aromatic nitrogens is 2. The number of nitrogens with one attached hydrogen (secondary N) is 1. The highest BCUT2D eigenvalue weighted by molar-refractivity contribution is 6.30. The van der Waals surface area contributed by atoms with Gasteiger partial charge in [-0.3, -0.25) is 14.3 Å². The van der Waals surface area contributed by atoms with Crippen LogP contribution in [0.1, 0.15) is 24.2 Å². The first-order valence-corrected chi connectivity index (χ1v) is 7.04. The molecular formula is C15H16ClN3O3. The Bertz CT molecular complexity index is 682. The van der Waals surface area contributed by atoms with E-state index in [0.29, 0.717) is 10.7 Å². The van der Waals surface area contributed by atoms with Crippen LogP contribution in [0.4, 0.5) is 0 Å². The lowest BCUT2D eigenvalue weighted by Crippen LogP contribution is -2.36. The minimum Gasteiger partial charge on any atom is -0.481 e. The van der Waals surface area contributed by atoms with Crippen LogP contribution in [0.25, 0.3) is 0 Å². The molecule has 0 aliphatic rings. The maximum atomic E-state index is 12.1. The Kier molecular flexibility index (Phi) is 4.82. The number of aliphatic carboxylic acids is 1. The van der Waals surface area contributed by atoms with E-state index in [2.05, 4.69) is 10.4 Å². The number of carbonyl (C=O) groups is 2. The quantitative estimate of drug-likeness (QED) is 0.825. The van der Waals surface area contributed by atoms with E-state index in [9.17, 15) is 9.59 Å². The van der Waals surface area contributed by atoms with Crippen molar-refractivity contribution in [2.24, 2.45) is 13.0 Å². The minimum absolute atomic E-state index is 0.534. The normalized spacial score (nSPS) is 13.4. The zero-order valence-corrected chi connectivity index (χ0v) is 12.9. The number of amides is 1. The summed E-state index contributed by atoms with van der Waals surface area (Å²) in [7, 11) is 1.77. The number of benzene rings is 1. The molecule has 0 aliphatic heterocycles. The highest BCUT2D eigenvalue weighted by Gasteiger charge is 2.26. The summed E-state index contributed by atoms with van der Waals surface area (Å²) in [5.74, 6) is -2.88. The van der Waals surface area contributed by atoms with Crippen molar-refractivity contribution in [3.8, 4) is 0 Å². The molecule has 0 bridgehead atoms. The molecule has 1 heterocycles. The average molecular weight is 322 g/mol. The van der Waals surface area contributed by atoms with E-state index in [1.54, 1.807) is 48.3 Å². The maximum absolute atomic E-state index is 12.1. The van der Waals surface area contributed by atoms with Crippen molar-refractivity contribution in [2.45, 2.75) is 13.0 Å². The fourth-order valence-corrected chi connectivity index (χ4v) is 2.08. The summed E-state index contributed by atoms with van der Waals surface area (Å²) in [6.45, 7) is 1.34. The number of carbonyl (C=O) groups excluding carboxylic acids is 1. The van der Waals surface area contributed by atoms with E-state index in [-0.39, 0.29) is 0 Å². The van der Waals surface area contributed by atoms with Crippen LogP contribution in [-0.4, -0.2) is 26.8 Å². The van der Waals surface area contributed by atoms with Gasteiger partial charge in [0.1, 0.15) is 5.92 Å². The molecule has 0 saturated carbocycles. The van der Waals surface area contributed by atoms with Crippen molar-refractivity contribution in [1.82, 2.24) is 15.1 Å². The summed E-state index contributed by atoms with van der Waals surface area (Å²) in [5.41, 5.74) is 1.39. The molecule has 0 radical (unpaired) electrons. The molecule has 2 atom stereocenters. The molecule has 2 unspecified atom stereocenters. The Hall–Kier alpha value is -2.34. The SMILES string of the molecule is CC(C(=O)O)C(=O)NC(c1ccc(Cl)cc1)c1ccn(C)n1. The van der Waals surface area contributed by atoms with Crippen molar-refractivity contribution in [3.05, 3.63) is 52.8 Å². The van der Waals surface area contributed by atoms with Gasteiger partial charge in [0.25, 0.3) is 0 Å². The number of halogens is 1. The topological polar surface area (TPSA) is 84.2 Å². The second-order valence-electron chi connectivity index (χ2n) is 4.97. The van der Waals surface area contributed by atoms with Gasteiger partial charge in [-0.25, -0.2) is 0 Å². The Labute approximate surface area is 132 Å². The van der Waals surface area contributed by atoms with E-state index >= 15 is 0 Å². The van der Waals surface area contributed by atoms with Crippen molar-refractivity contribution in [2.75, 3.05) is 0 Å². The van der Waals surface area contributed by atoms with E-state index in [1.165, 1.54) is 6.92 Å². The van der Waals surface area contributed by atoms with Crippen molar-refractivity contribution >= 4 is 23.5 Å². The Morgan fingerprint density at radius 2 is 1.91 bits per heavy atom. The van der Waals surface area contributed by atoms with Gasteiger partial charge in [0.2, 0.25) is 5.91 Å². The molecular weight excluding hydrogens is 306 g/mol. The first-order chi connectivity index (χ1) is 10.4. The molecule has 0 saturated heterocycles. The second kappa shape index (κ2) is 6.62. The third-order valence-electron chi connectivity index (χ3n) is 3.28. The highest BCUT2D eigenvalue weighted by atomic mass is 35.5. The predicted octanol–water partition coefficient (Wildman–Crippen LogP) is 2.00. The molecule has 2 N–H and O–H groups in total. The van der Waals surface area contributed by atoms with Gasteiger partial charge in [-0.1, -0.05) is 23.7 Å². The van der Waals surface area contributed by atoms with Gasteiger partial charge >= 0.3 is 5.97 Å². The molecule has 1 aromatic heterocycles. The van der Waals surface area contributed by atoms with Gasteiger partial charge in [-0.05, 0) is 30.7 Å². The van der Waals surface area contributed by atoms with Crippen LogP contribution in [0, 0.1) is 5.92 Å². The lowest BCUT2D eigenvalue weighted by atomic mass is 10.0. The van der Waals surface area contributed by atoms with Crippen LogP contribution in [-0.2, 0) is 16.6 Å².